The molecule has 7 fully saturated rings. The highest BCUT2D eigenvalue weighted by atomic mass is 16.7. The van der Waals surface area contributed by atoms with Crippen LogP contribution in [0.5, 0.6) is 0 Å². The summed E-state index contributed by atoms with van der Waals surface area (Å²) in [5.41, 5.74) is 1.93. The number of fused-ring (bicyclic) bond motifs is 2. The Labute approximate surface area is 338 Å². The fourth-order valence-electron chi connectivity index (χ4n) is 12.9. The molecule has 5 aliphatic heterocycles. The predicted molar refractivity (Wildman–Crippen MR) is 198 cm³/mol. The quantitative estimate of drug-likeness (QED) is 0.102. The molecule has 4 saturated heterocycles. The molecule has 58 heavy (non-hydrogen) atoms. The van der Waals surface area contributed by atoms with Crippen LogP contribution in [-0.2, 0) is 47.4 Å². The molecule has 0 amide bonds. The Morgan fingerprint density at radius 2 is 1.67 bits per heavy atom. The molecule has 5 heterocycles. The largest absolute Gasteiger partial charge is 0.458 e. The molecule has 9 aliphatic rings. The van der Waals surface area contributed by atoms with Gasteiger partial charge >= 0.3 is 5.97 Å². The van der Waals surface area contributed by atoms with Crippen LogP contribution in [0.25, 0.3) is 0 Å². The SMILES string of the molecule is COC1CC(OC2CCC3(C)C(CCC45OC46CC=C(C4=CC(=O)OC4)C6(C)CCC35)C2)OC(C)C1OC1OC(COC2CC(O)C(O)C(CO)O2)C(O)C(O)C1O. The second-order valence-corrected chi connectivity index (χ2v) is 18.9. The van der Waals surface area contributed by atoms with Crippen LogP contribution in [0.4, 0.5) is 0 Å². The summed E-state index contributed by atoms with van der Waals surface area (Å²) in [5.74, 6) is 0.694. The first-order valence-corrected chi connectivity index (χ1v) is 21.4. The first kappa shape index (κ1) is 41.7. The minimum absolute atomic E-state index is 0.0138. The molecule has 16 heteroatoms. The summed E-state index contributed by atoms with van der Waals surface area (Å²) >= 11 is 0. The van der Waals surface area contributed by atoms with Gasteiger partial charge in [-0.05, 0) is 81.1 Å². The van der Waals surface area contributed by atoms with Gasteiger partial charge in [0.1, 0.15) is 60.5 Å². The van der Waals surface area contributed by atoms with Gasteiger partial charge in [0, 0.05) is 37.0 Å². The first-order chi connectivity index (χ1) is 27.7. The van der Waals surface area contributed by atoms with E-state index in [0.29, 0.717) is 24.9 Å². The highest BCUT2D eigenvalue weighted by molar-refractivity contribution is 5.87. The number of esters is 1. The van der Waals surface area contributed by atoms with Gasteiger partial charge in [-0.2, -0.15) is 0 Å². The van der Waals surface area contributed by atoms with Crippen LogP contribution in [-0.4, -0.2) is 161 Å². The van der Waals surface area contributed by atoms with E-state index < -0.39 is 86.5 Å². The lowest BCUT2D eigenvalue weighted by molar-refractivity contribution is -0.351. The van der Waals surface area contributed by atoms with Crippen LogP contribution in [0.3, 0.4) is 0 Å². The lowest BCUT2D eigenvalue weighted by atomic mass is 9.44. The zero-order chi connectivity index (χ0) is 40.9. The Kier molecular flexibility index (Phi) is 11.0. The standard InChI is InChI=1S/C42H62O16/c1-20-37(57-38-36(49)35(48)34(47)28(56-38)19-52-31-15-25(44)33(46)27(17-43)55-31)26(50-4)16-32(53-20)54-23-6-9-39(2)22(14-23)5-11-41-29(39)8-10-40(3)24(7-12-42(40,41)58-41)21-13-30(45)51-18-21/h7,13,20,22-23,25-29,31-38,43-44,46-49H,5-6,8-12,14-19H2,1-4H3. The summed E-state index contributed by atoms with van der Waals surface area (Å²) in [6, 6.07) is 0. The molecule has 0 aromatic rings. The van der Waals surface area contributed by atoms with E-state index in [2.05, 4.69) is 19.9 Å². The highest BCUT2D eigenvalue weighted by Crippen LogP contribution is 2.80. The summed E-state index contributed by atoms with van der Waals surface area (Å²) in [4.78, 5) is 12.0. The second-order valence-electron chi connectivity index (χ2n) is 18.9. The number of cyclic esters (lactones) is 1. The number of epoxide rings is 1. The van der Waals surface area contributed by atoms with Crippen molar-refractivity contribution >= 4 is 5.97 Å². The van der Waals surface area contributed by atoms with Crippen molar-refractivity contribution in [2.45, 2.75) is 182 Å². The number of hydrogen-bond acceptors (Lipinski definition) is 16. The zero-order valence-electron chi connectivity index (χ0n) is 33.9. The maximum atomic E-state index is 12.0. The average Bonchev–Trinajstić information content (AvgIpc) is 3.51. The molecule has 0 aromatic heterocycles. The van der Waals surface area contributed by atoms with E-state index in [9.17, 15) is 35.4 Å². The lowest BCUT2D eigenvalue weighted by Gasteiger charge is -2.58. The normalized spacial score (nSPS) is 53.7. The van der Waals surface area contributed by atoms with E-state index >= 15 is 0 Å². The Morgan fingerprint density at radius 1 is 0.862 bits per heavy atom. The van der Waals surface area contributed by atoms with Crippen LogP contribution < -0.4 is 0 Å². The molecule has 3 saturated carbocycles. The molecule has 0 aromatic carbocycles. The molecular formula is C42H62O16. The maximum absolute atomic E-state index is 12.0. The third-order valence-electron chi connectivity index (χ3n) is 16.1. The molecule has 0 bridgehead atoms. The Bertz CT molecular complexity index is 1620. The van der Waals surface area contributed by atoms with Gasteiger partial charge in [-0.1, -0.05) is 19.9 Å². The van der Waals surface area contributed by atoms with Crippen LogP contribution in [0.15, 0.2) is 23.3 Å². The van der Waals surface area contributed by atoms with Crippen molar-refractivity contribution < 1.29 is 78.1 Å². The van der Waals surface area contributed by atoms with Crippen molar-refractivity contribution in [3.63, 3.8) is 0 Å². The molecule has 326 valence electrons. The van der Waals surface area contributed by atoms with Crippen LogP contribution in [0.1, 0.15) is 85.0 Å². The van der Waals surface area contributed by atoms with Crippen molar-refractivity contribution in [1.29, 1.82) is 0 Å². The maximum Gasteiger partial charge on any atom is 0.331 e. The predicted octanol–water partition coefficient (Wildman–Crippen LogP) is 0.898. The monoisotopic (exact) mass is 822 g/mol. The average molecular weight is 823 g/mol. The van der Waals surface area contributed by atoms with Gasteiger partial charge in [0.15, 0.2) is 18.9 Å². The number of aliphatic hydroxyl groups is 6. The molecule has 20 unspecified atom stereocenters. The van der Waals surface area contributed by atoms with Gasteiger partial charge < -0.3 is 73.3 Å². The summed E-state index contributed by atoms with van der Waals surface area (Å²) in [6.07, 6.45) is -1.84. The van der Waals surface area contributed by atoms with E-state index in [1.54, 1.807) is 13.2 Å². The smallest absolute Gasteiger partial charge is 0.331 e. The van der Waals surface area contributed by atoms with Crippen molar-refractivity contribution in [2.24, 2.45) is 22.7 Å². The number of aliphatic hydroxyl groups excluding tert-OH is 6. The third kappa shape index (κ3) is 6.50. The molecule has 20 atom stereocenters. The van der Waals surface area contributed by atoms with Crippen LogP contribution >= 0.6 is 0 Å². The number of carbonyl (C=O) groups excluding carboxylic acids is 1. The van der Waals surface area contributed by atoms with Gasteiger partial charge in [0.2, 0.25) is 0 Å². The molecule has 16 nitrogen and oxygen atoms in total. The van der Waals surface area contributed by atoms with E-state index in [0.717, 1.165) is 56.9 Å². The molecule has 2 spiro atoms. The summed E-state index contributed by atoms with van der Waals surface area (Å²) in [6.45, 7) is 6.18. The third-order valence-corrected chi connectivity index (χ3v) is 16.1. The van der Waals surface area contributed by atoms with Gasteiger partial charge in [0.05, 0.1) is 37.6 Å². The molecule has 9 rings (SSSR count). The number of ether oxygens (including phenoxy) is 9. The van der Waals surface area contributed by atoms with Gasteiger partial charge in [0.25, 0.3) is 0 Å². The minimum atomic E-state index is -1.63. The molecular weight excluding hydrogens is 760 g/mol. The second kappa shape index (κ2) is 15.3. The first-order valence-electron chi connectivity index (χ1n) is 21.4. The van der Waals surface area contributed by atoms with E-state index in [4.69, 9.17) is 42.6 Å². The topological polar surface area (TPSA) is 225 Å². The van der Waals surface area contributed by atoms with Crippen LogP contribution in [0, 0.1) is 22.7 Å². The number of hydrogen-bond donors (Lipinski definition) is 6. The summed E-state index contributed by atoms with van der Waals surface area (Å²) < 4.78 is 54.8. The highest BCUT2D eigenvalue weighted by Gasteiger charge is 2.85. The Balaban J connectivity index is 0.794. The Morgan fingerprint density at radius 3 is 2.41 bits per heavy atom. The van der Waals surface area contributed by atoms with E-state index in [1.807, 2.05) is 6.92 Å². The fraction of sp³-hybridized carbons (Fsp3) is 0.881. The Hall–Kier alpha value is -1.61. The van der Waals surface area contributed by atoms with Crippen molar-refractivity contribution in [2.75, 3.05) is 26.9 Å². The molecule has 4 aliphatic carbocycles. The van der Waals surface area contributed by atoms with Crippen LogP contribution in [0.2, 0.25) is 0 Å². The fourth-order valence-corrected chi connectivity index (χ4v) is 12.9. The van der Waals surface area contributed by atoms with Crippen molar-refractivity contribution in [3.05, 3.63) is 23.3 Å². The lowest BCUT2D eigenvalue weighted by Crippen LogP contribution is -2.62. The van der Waals surface area contributed by atoms with E-state index in [-0.39, 0.29) is 47.1 Å². The number of methoxy groups -OCH3 is 1. The van der Waals surface area contributed by atoms with Gasteiger partial charge in [-0.3, -0.25) is 0 Å². The molecule has 0 radical (unpaired) electrons. The van der Waals surface area contributed by atoms with E-state index in [1.165, 1.54) is 5.57 Å². The van der Waals surface area contributed by atoms with Crippen molar-refractivity contribution in [1.82, 2.24) is 0 Å². The molecule has 6 N–H and O–H groups in total. The van der Waals surface area contributed by atoms with Gasteiger partial charge in [-0.15, -0.1) is 0 Å². The van der Waals surface area contributed by atoms with Crippen molar-refractivity contribution in [3.8, 4) is 0 Å². The summed E-state index contributed by atoms with van der Waals surface area (Å²) in [5, 5.41) is 62.0. The number of rotatable bonds is 10. The number of carbonyl (C=O) groups is 1. The zero-order valence-corrected chi connectivity index (χ0v) is 33.9. The minimum Gasteiger partial charge on any atom is -0.458 e. The summed E-state index contributed by atoms with van der Waals surface area (Å²) in [7, 11) is 1.57. The van der Waals surface area contributed by atoms with Gasteiger partial charge in [-0.25, -0.2) is 4.79 Å².